The van der Waals surface area contributed by atoms with Crippen LogP contribution in [-0.2, 0) is 52.4 Å². The highest BCUT2D eigenvalue weighted by molar-refractivity contribution is 5.87. The van der Waals surface area contributed by atoms with Crippen LogP contribution in [0.15, 0.2) is 11.3 Å². The number of hydrogen-bond acceptors (Lipinski definition) is 11. The monoisotopic (exact) mass is 472 g/mol. The fraction of sp³-hybridized carbons (Fsp3) is 0.682. The zero-order chi connectivity index (χ0) is 25.3. The molecule has 11 nitrogen and oxygen atoms in total. The van der Waals surface area contributed by atoms with Gasteiger partial charge in [0.1, 0.15) is 18.8 Å². The Morgan fingerprint density at radius 3 is 2.00 bits per heavy atom. The van der Waals surface area contributed by atoms with Gasteiger partial charge in [-0.05, 0) is 6.42 Å². The second kappa shape index (κ2) is 12.8. The molecule has 0 N–H and O–H groups in total. The summed E-state index contributed by atoms with van der Waals surface area (Å²) in [5, 5.41) is 0. The van der Waals surface area contributed by atoms with Gasteiger partial charge < -0.3 is 28.4 Å². The Morgan fingerprint density at radius 1 is 0.939 bits per heavy atom. The van der Waals surface area contributed by atoms with Crippen molar-refractivity contribution in [1.29, 1.82) is 0 Å². The lowest BCUT2D eigenvalue weighted by molar-refractivity contribution is -0.195. The van der Waals surface area contributed by atoms with Crippen molar-refractivity contribution in [2.75, 3.05) is 13.7 Å². The van der Waals surface area contributed by atoms with Crippen LogP contribution in [0.4, 0.5) is 0 Å². The van der Waals surface area contributed by atoms with Gasteiger partial charge in [-0.3, -0.25) is 19.2 Å². The molecular weight excluding hydrogens is 440 g/mol. The van der Waals surface area contributed by atoms with Gasteiger partial charge in [0.15, 0.2) is 12.2 Å². The third kappa shape index (κ3) is 8.07. The quantitative estimate of drug-likeness (QED) is 0.338. The van der Waals surface area contributed by atoms with Crippen LogP contribution >= 0.6 is 0 Å². The summed E-state index contributed by atoms with van der Waals surface area (Å²) >= 11 is 0. The van der Waals surface area contributed by atoms with E-state index in [9.17, 15) is 24.0 Å². The zero-order valence-corrected chi connectivity index (χ0v) is 20.0. The highest BCUT2D eigenvalue weighted by Crippen LogP contribution is 2.37. The summed E-state index contributed by atoms with van der Waals surface area (Å²) in [7, 11) is 1.17. The predicted molar refractivity (Wildman–Crippen MR) is 111 cm³/mol. The highest BCUT2D eigenvalue weighted by atomic mass is 16.6. The average Bonchev–Trinajstić information content (AvgIpc) is 2.71. The molecule has 0 unspecified atom stereocenters. The normalized spacial score (nSPS) is 21.7. The molecule has 0 spiro atoms. The van der Waals surface area contributed by atoms with Gasteiger partial charge >= 0.3 is 29.8 Å². The fourth-order valence-electron chi connectivity index (χ4n) is 3.61. The van der Waals surface area contributed by atoms with E-state index < -0.39 is 66.8 Å². The molecule has 1 aliphatic rings. The van der Waals surface area contributed by atoms with E-state index in [4.69, 9.17) is 28.4 Å². The van der Waals surface area contributed by atoms with E-state index in [2.05, 4.69) is 0 Å². The standard InChI is InChI=1S/C22H32O11/c1-8-9-16-18(31-14(5)25)11(2)19(33-20(16)22(27)28-7)21(32-15(6)26)17(30-13(4)24)10-29-12(3)23/h11,17-19,21H,8-10H2,1-7H3/t11-,17-,18-,19-,21-/m1/s1. The third-order valence-corrected chi connectivity index (χ3v) is 4.83. The van der Waals surface area contributed by atoms with Crippen LogP contribution in [0.5, 0.6) is 0 Å². The molecule has 0 aromatic carbocycles. The first-order valence-corrected chi connectivity index (χ1v) is 10.6. The van der Waals surface area contributed by atoms with E-state index >= 15 is 0 Å². The summed E-state index contributed by atoms with van der Waals surface area (Å²) in [6.07, 6.45) is -3.59. The minimum Gasteiger partial charge on any atom is -0.479 e. The summed E-state index contributed by atoms with van der Waals surface area (Å²) in [5.74, 6) is -4.33. The highest BCUT2D eigenvalue weighted by Gasteiger charge is 2.49. The lowest BCUT2D eigenvalue weighted by Gasteiger charge is -2.42. The van der Waals surface area contributed by atoms with Crippen LogP contribution in [-0.4, -0.2) is 68.0 Å². The van der Waals surface area contributed by atoms with E-state index in [1.807, 2.05) is 6.92 Å². The number of hydrogen-bond donors (Lipinski definition) is 0. The van der Waals surface area contributed by atoms with Crippen LogP contribution in [0.2, 0.25) is 0 Å². The number of carbonyl (C=O) groups excluding carboxylic acids is 5. The van der Waals surface area contributed by atoms with Crippen molar-refractivity contribution in [2.45, 2.75) is 78.8 Å². The molecule has 0 amide bonds. The summed E-state index contributed by atoms with van der Waals surface area (Å²) in [4.78, 5) is 59.4. The molecule has 0 aromatic heterocycles. The van der Waals surface area contributed by atoms with E-state index in [0.717, 1.165) is 20.8 Å². The molecule has 0 aromatic rings. The van der Waals surface area contributed by atoms with Crippen molar-refractivity contribution >= 4 is 29.8 Å². The Kier molecular flexibility index (Phi) is 10.8. The lowest BCUT2D eigenvalue weighted by atomic mass is 9.83. The molecule has 0 saturated heterocycles. The van der Waals surface area contributed by atoms with Crippen molar-refractivity contribution in [1.82, 2.24) is 0 Å². The van der Waals surface area contributed by atoms with E-state index in [1.54, 1.807) is 6.92 Å². The van der Waals surface area contributed by atoms with Crippen molar-refractivity contribution in [3.05, 3.63) is 11.3 Å². The van der Waals surface area contributed by atoms with Crippen LogP contribution in [0.3, 0.4) is 0 Å². The molecule has 1 aliphatic heterocycles. The SMILES string of the molecule is CCCC1=C(C(=O)OC)O[C@@H]([C@H](OC(C)=O)[C@@H](COC(C)=O)OC(C)=O)[C@H](C)[C@H]1OC(C)=O. The molecule has 5 atom stereocenters. The van der Waals surface area contributed by atoms with Gasteiger partial charge in [0, 0.05) is 39.2 Å². The minimum atomic E-state index is -1.30. The molecule has 186 valence electrons. The molecule has 1 heterocycles. The fourth-order valence-corrected chi connectivity index (χ4v) is 3.61. The van der Waals surface area contributed by atoms with Gasteiger partial charge in [-0.2, -0.15) is 0 Å². The Balaban J connectivity index is 3.58. The molecular formula is C22H32O11. The molecule has 0 aliphatic carbocycles. The minimum absolute atomic E-state index is 0.181. The summed E-state index contributed by atoms with van der Waals surface area (Å²) in [6, 6.07) is 0. The Morgan fingerprint density at radius 2 is 1.55 bits per heavy atom. The van der Waals surface area contributed by atoms with Gasteiger partial charge in [0.05, 0.1) is 7.11 Å². The second-order valence-electron chi connectivity index (χ2n) is 7.59. The molecule has 0 fully saturated rings. The molecule has 1 rings (SSSR count). The first-order chi connectivity index (χ1) is 15.4. The number of ether oxygens (including phenoxy) is 6. The molecule has 0 saturated carbocycles. The van der Waals surface area contributed by atoms with E-state index in [-0.39, 0.29) is 5.76 Å². The first kappa shape index (κ1) is 27.9. The van der Waals surface area contributed by atoms with Gasteiger partial charge in [-0.1, -0.05) is 20.3 Å². The third-order valence-electron chi connectivity index (χ3n) is 4.83. The second-order valence-corrected chi connectivity index (χ2v) is 7.59. The predicted octanol–water partition coefficient (Wildman–Crippen LogP) is 1.61. The molecule has 0 bridgehead atoms. The van der Waals surface area contributed by atoms with Crippen LogP contribution in [0.25, 0.3) is 0 Å². The van der Waals surface area contributed by atoms with Gasteiger partial charge in [-0.15, -0.1) is 0 Å². The van der Waals surface area contributed by atoms with Crippen molar-refractivity contribution < 1.29 is 52.4 Å². The summed E-state index contributed by atoms with van der Waals surface area (Å²) in [6.45, 7) is 7.78. The maximum absolute atomic E-state index is 12.5. The average molecular weight is 472 g/mol. The van der Waals surface area contributed by atoms with Gasteiger partial charge in [0.25, 0.3) is 0 Å². The zero-order valence-electron chi connectivity index (χ0n) is 20.0. The Hall–Kier alpha value is -3.11. The molecule has 0 radical (unpaired) electrons. The number of esters is 5. The number of methoxy groups -OCH3 is 1. The van der Waals surface area contributed by atoms with Crippen molar-refractivity contribution in [2.24, 2.45) is 5.92 Å². The van der Waals surface area contributed by atoms with Crippen molar-refractivity contribution in [3.63, 3.8) is 0 Å². The molecule has 33 heavy (non-hydrogen) atoms. The van der Waals surface area contributed by atoms with Crippen LogP contribution < -0.4 is 0 Å². The van der Waals surface area contributed by atoms with E-state index in [0.29, 0.717) is 18.4 Å². The van der Waals surface area contributed by atoms with Gasteiger partial charge in [0.2, 0.25) is 5.76 Å². The summed E-state index contributed by atoms with van der Waals surface area (Å²) in [5.41, 5.74) is 0.425. The topological polar surface area (TPSA) is 141 Å². The lowest BCUT2D eigenvalue weighted by Crippen LogP contribution is -2.54. The largest absolute Gasteiger partial charge is 0.479 e. The number of rotatable bonds is 10. The first-order valence-electron chi connectivity index (χ1n) is 10.6. The number of carbonyl (C=O) groups is 5. The van der Waals surface area contributed by atoms with E-state index in [1.165, 1.54) is 14.0 Å². The van der Waals surface area contributed by atoms with Crippen LogP contribution in [0, 0.1) is 5.92 Å². The molecule has 11 heteroatoms. The Bertz CT molecular complexity index is 785. The smallest absolute Gasteiger partial charge is 0.373 e. The van der Waals surface area contributed by atoms with Crippen molar-refractivity contribution in [3.8, 4) is 0 Å². The maximum Gasteiger partial charge on any atom is 0.373 e. The maximum atomic E-state index is 12.5. The Labute approximate surface area is 192 Å². The van der Waals surface area contributed by atoms with Crippen LogP contribution in [0.1, 0.15) is 54.4 Å². The summed E-state index contributed by atoms with van der Waals surface area (Å²) < 4.78 is 32.0. The van der Waals surface area contributed by atoms with Gasteiger partial charge in [-0.25, -0.2) is 4.79 Å².